The van der Waals surface area contributed by atoms with Crippen molar-refractivity contribution in [2.45, 2.75) is 37.9 Å². The molecule has 0 spiro atoms. The summed E-state index contributed by atoms with van der Waals surface area (Å²) in [5, 5.41) is 0.841. The second-order valence-electron chi connectivity index (χ2n) is 3.86. The molecule has 0 aromatic carbocycles. The Balaban J connectivity index is 2.41. The fourth-order valence-electron chi connectivity index (χ4n) is 2.20. The zero-order chi connectivity index (χ0) is 8.97. The first-order chi connectivity index (χ1) is 5.81. The minimum Gasteiger partial charge on any atom is -0.330 e. The summed E-state index contributed by atoms with van der Waals surface area (Å²) in [6, 6.07) is 0. The molecular weight excluding hydrogens is 166 g/mol. The molecule has 3 atom stereocenters. The summed E-state index contributed by atoms with van der Waals surface area (Å²) in [6.45, 7) is 3.20. The molecule has 1 rings (SSSR count). The van der Waals surface area contributed by atoms with Crippen LogP contribution in [0, 0.1) is 11.8 Å². The molecule has 72 valence electrons. The summed E-state index contributed by atoms with van der Waals surface area (Å²) < 4.78 is 0. The molecular formula is C10H21NS. The van der Waals surface area contributed by atoms with Crippen molar-refractivity contribution in [1.29, 1.82) is 0 Å². The van der Waals surface area contributed by atoms with E-state index in [0.717, 1.165) is 23.6 Å². The first-order valence-electron chi connectivity index (χ1n) is 5.04. The van der Waals surface area contributed by atoms with Crippen LogP contribution in [0.2, 0.25) is 0 Å². The third kappa shape index (κ3) is 2.40. The Hall–Kier alpha value is 0.310. The Morgan fingerprint density at radius 2 is 2.17 bits per heavy atom. The molecule has 0 aliphatic heterocycles. The van der Waals surface area contributed by atoms with Gasteiger partial charge < -0.3 is 5.73 Å². The van der Waals surface area contributed by atoms with Crippen molar-refractivity contribution in [1.82, 2.24) is 0 Å². The minimum atomic E-state index is 0.794. The van der Waals surface area contributed by atoms with Crippen molar-refractivity contribution >= 4 is 11.8 Å². The van der Waals surface area contributed by atoms with Gasteiger partial charge in [-0.2, -0.15) is 11.8 Å². The predicted molar refractivity (Wildman–Crippen MR) is 57.5 cm³/mol. The summed E-state index contributed by atoms with van der Waals surface area (Å²) in [5.41, 5.74) is 5.74. The van der Waals surface area contributed by atoms with Crippen molar-refractivity contribution in [2.24, 2.45) is 17.6 Å². The van der Waals surface area contributed by atoms with Crippen molar-refractivity contribution in [2.75, 3.05) is 12.8 Å². The van der Waals surface area contributed by atoms with Gasteiger partial charge in [0.1, 0.15) is 0 Å². The molecule has 0 aromatic heterocycles. The van der Waals surface area contributed by atoms with E-state index in [2.05, 4.69) is 13.2 Å². The fraction of sp³-hybridized carbons (Fsp3) is 1.00. The lowest BCUT2D eigenvalue weighted by Crippen LogP contribution is -2.32. The molecule has 12 heavy (non-hydrogen) atoms. The molecule has 1 aliphatic carbocycles. The van der Waals surface area contributed by atoms with Gasteiger partial charge in [-0.15, -0.1) is 0 Å². The van der Waals surface area contributed by atoms with Gasteiger partial charge in [-0.25, -0.2) is 0 Å². The van der Waals surface area contributed by atoms with Crippen molar-refractivity contribution in [3.05, 3.63) is 0 Å². The third-order valence-electron chi connectivity index (χ3n) is 3.22. The molecule has 0 heterocycles. The first kappa shape index (κ1) is 10.4. The maximum Gasteiger partial charge on any atom is 0.00872 e. The highest BCUT2D eigenvalue weighted by Gasteiger charge is 2.27. The average Bonchev–Trinajstić information content (AvgIpc) is 2.16. The molecule has 0 saturated heterocycles. The van der Waals surface area contributed by atoms with E-state index in [1.165, 1.54) is 25.7 Å². The van der Waals surface area contributed by atoms with E-state index in [1.807, 2.05) is 11.8 Å². The zero-order valence-electron chi connectivity index (χ0n) is 8.25. The van der Waals surface area contributed by atoms with E-state index in [0.29, 0.717) is 0 Å². The molecule has 3 unspecified atom stereocenters. The van der Waals surface area contributed by atoms with E-state index in [-0.39, 0.29) is 0 Å². The SMILES string of the molecule is CCC1CCC(CN)C(SC)C1. The van der Waals surface area contributed by atoms with Gasteiger partial charge in [0.25, 0.3) is 0 Å². The van der Waals surface area contributed by atoms with Crippen LogP contribution in [0.1, 0.15) is 32.6 Å². The Bertz CT molecular complexity index is 127. The van der Waals surface area contributed by atoms with Crippen LogP contribution >= 0.6 is 11.8 Å². The molecule has 1 fully saturated rings. The largest absolute Gasteiger partial charge is 0.330 e. The molecule has 0 bridgehead atoms. The zero-order valence-corrected chi connectivity index (χ0v) is 9.07. The summed E-state index contributed by atoms with van der Waals surface area (Å²) in [6.07, 6.45) is 7.76. The maximum atomic E-state index is 5.74. The minimum absolute atomic E-state index is 0.794. The van der Waals surface area contributed by atoms with Crippen LogP contribution in [-0.2, 0) is 0 Å². The normalized spacial score (nSPS) is 36.8. The Morgan fingerprint density at radius 3 is 2.67 bits per heavy atom. The lowest BCUT2D eigenvalue weighted by atomic mass is 9.80. The quantitative estimate of drug-likeness (QED) is 0.734. The smallest absolute Gasteiger partial charge is 0.00872 e. The van der Waals surface area contributed by atoms with Gasteiger partial charge in [0.15, 0.2) is 0 Å². The summed E-state index contributed by atoms with van der Waals surface area (Å²) >= 11 is 2.02. The predicted octanol–water partition coefficient (Wildman–Crippen LogP) is 2.50. The van der Waals surface area contributed by atoms with E-state index >= 15 is 0 Å². The fourth-order valence-corrected chi connectivity index (χ4v) is 3.30. The molecule has 0 aromatic rings. The highest BCUT2D eigenvalue weighted by molar-refractivity contribution is 7.99. The highest BCUT2D eigenvalue weighted by atomic mass is 32.2. The van der Waals surface area contributed by atoms with Gasteiger partial charge in [0.2, 0.25) is 0 Å². The van der Waals surface area contributed by atoms with Gasteiger partial charge in [-0.05, 0) is 37.5 Å². The van der Waals surface area contributed by atoms with Crippen LogP contribution < -0.4 is 5.73 Å². The highest BCUT2D eigenvalue weighted by Crippen LogP contribution is 2.36. The number of hydrogen-bond donors (Lipinski definition) is 1. The van der Waals surface area contributed by atoms with Gasteiger partial charge in [0.05, 0.1) is 0 Å². The molecule has 1 aliphatic rings. The Kier molecular flexibility index (Phi) is 4.44. The van der Waals surface area contributed by atoms with Gasteiger partial charge in [0, 0.05) is 5.25 Å². The Morgan fingerprint density at radius 1 is 1.42 bits per heavy atom. The van der Waals surface area contributed by atoms with Gasteiger partial charge in [-0.1, -0.05) is 19.8 Å². The molecule has 2 N–H and O–H groups in total. The van der Waals surface area contributed by atoms with Crippen LogP contribution in [0.4, 0.5) is 0 Å². The molecule has 0 amide bonds. The lowest BCUT2D eigenvalue weighted by Gasteiger charge is -2.34. The van der Waals surface area contributed by atoms with Crippen molar-refractivity contribution in [3.8, 4) is 0 Å². The number of thioether (sulfide) groups is 1. The molecule has 2 heteroatoms. The van der Waals surface area contributed by atoms with Gasteiger partial charge in [-0.3, -0.25) is 0 Å². The summed E-state index contributed by atoms with van der Waals surface area (Å²) in [7, 11) is 0. The Labute approximate surface area is 80.5 Å². The van der Waals surface area contributed by atoms with Crippen LogP contribution in [0.15, 0.2) is 0 Å². The van der Waals surface area contributed by atoms with Crippen LogP contribution in [0.5, 0.6) is 0 Å². The molecule has 1 nitrogen and oxygen atoms in total. The van der Waals surface area contributed by atoms with Crippen molar-refractivity contribution in [3.63, 3.8) is 0 Å². The monoisotopic (exact) mass is 187 g/mol. The number of rotatable bonds is 3. The molecule has 1 saturated carbocycles. The lowest BCUT2D eigenvalue weighted by molar-refractivity contribution is 0.284. The first-order valence-corrected chi connectivity index (χ1v) is 6.33. The summed E-state index contributed by atoms with van der Waals surface area (Å²) in [5.74, 6) is 1.77. The van der Waals surface area contributed by atoms with Crippen LogP contribution in [0.3, 0.4) is 0 Å². The van der Waals surface area contributed by atoms with Gasteiger partial charge >= 0.3 is 0 Å². The van der Waals surface area contributed by atoms with Crippen LogP contribution in [0.25, 0.3) is 0 Å². The van der Waals surface area contributed by atoms with E-state index in [4.69, 9.17) is 5.73 Å². The number of hydrogen-bond acceptors (Lipinski definition) is 2. The van der Waals surface area contributed by atoms with E-state index in [1.54, 1.807) is 0 Å². The van der Waals surface area contributed by atoms with Crippen LogP contribution in [-0.4, -0.2) is 18.1 Å². The topological polar surface area (TPSA) is 26.0 Å². The van der Waals surface area contributed by atoms with E-state index < -0.39 is 0 Å². The number of nitrogens with two attached hydrogens (primary N) is 1. The molecule has 0 radical (unpaired) electrons. The van der Waals surface area contributed by atoms with E-state index in [9.17, 15) is 0 Å². The second kappa shape index (κ2) is 5.13. The average molecular weight is 187 g/mol. The third-order valence-corrected chi connectivity index (χ3v) is 4.40. The maximum absolute atomic E-state index is 5.74. The standard InChI is InChI=1S/C10H21NS/c1-3-8-4-5-9(7-11)10(6-8)12-2/h8-10H,3-7,11H2,1-2H3. The van der Waals surface area contributed by atoms with Crippen molar-refractivity contribution < 1.29 is 0 Å². The summed E-state index contributed by atoms with van der Waals surface area (Å²) in [4.78, 5) is 0. The second-order valence-corrected chi connectivity index (χ2v) is 4.93.